The van der Waals surface area contributed by atoms with Crippen LogP contribution in [0.5, 0.6) is 0 Å². The number of allylic oxidation sites excluding steroid dienone is 6. The Bertz CT molecular complexity index is 2930. The summed E-state index contributed by atoms with van der Waals surface area (Å²) in [6, 6.07) is 53.3. The van der Waals surface area contributed by atoms with Gasteiger partial charge in [0, 0.05) is 64.0 Å². The summed E-state index contributed by atoms with van der Waals surface area (Å²) < 4.78 is 6.80. The molecule has 10 rings (SSSR count). The lowest BCUT2D eigenvalue weighted by Crippen LogP contribution is -2.34. The van der Waals surface area contributed by atoms with Crippen molar-refractivity contribution in [2.75, 3.05) is 22.9 Å². The highest BCUT2D eigenvalue weighted by molar-refractivity contribution is 6.12. The molecule has 0 bridgehead atoms. The zero-order chi connectivity index (χ0) is 40.6. The summed E-state index contributed by atoms with van der Waals surface area (Å²) in [5.41, 5.74) is 14.4. The molecule has 3 heterocycles. The normalized spacial score (nSPS) is 19.0. The van der Waals surface area contributed by atoms with Gasteiger partial charge in [-0.3, -0.25) is 4.99 Å². The predicted octanol–water partition coefficient (Wildman–Crippen LogP) is 13.4. The van der Waals surface area contributed by atoms with E-state index in [0.717, 1.165) is 81.1 Å². The number of anilines is 3. The fourth-order valence-electron chi connectivity index (χ4n) is 9.18. The molecule has 2 unspecified atom stereocenters. The van der Waals surface area contributed by atoms with E-state index in [9.17, 15) is 0 Å². The Morgan fingerprint density at radius 2 is 1.43 bits per heavy atom. The zero-order valence-corrected chi connectivity index (χ0v) is 34.0. The van der Waals surface area contributed by atoms with Crippen LogP contribution in [0.3, 0.4) is 0 Å². The van der Waals surface area contributed by atoms with Crippen LogP contribution < -0.4 is 9.80 Å². The molecule has 7 aromatic rings. The van der Waals surface area contributed by atoms with Crippen molar-refractivity contribution < 1.29 is 4.42 Å². The first-order chi connectivity index (χ1) is 29.5. The van der Waals surface area contributed by atoms with Crippen LogP contribution in [0.25, 0.3) is 21.9 Å². The molecule has 0 saturated carbocycles. The molecule has 6 aromatic carbocycles. The Hall–Kier alpha value is -7.24. The van der Waals surface area contributed by atoms with Crippen LogP contribution in [0.4, 0.5) is 17.1 Å². The van der Waals surface area contributed by atoms with Crippen LogP contribution in [0.1, 0.15) is 48.6 Å². The lowest BCUT2D eigenvalue weighted by molar-refractivity contribution is 0.555. The Kier molecular flexibility index (Phi) is 9.57. The van der Waals surface area contributed by atoms with E-state index in [1.165, 1.54) is 28.1 Å². The Labute approximate surface area is 352 Å². The monoisotopic (exact) mass is 778 g/mol. The van der Waals surface area contributed by atoms with Crippen molar-refractivity contribution in [3.63, 3.8) is 0 Å². The smallest absolute Gasteiger partial charge is 0.159 e. The first-order valence-corrected chi connectivity index (χ1v) is 20.8. The number of hydrogen-bond donors (Lipinski definition) is 0. The largest absolute Gasteiger partial charge is 0.454 e. The van der Waals surface area contributed by atoms with Gasteiger partial charge in [0.25, 0.3) is 0 Å². The number of rotatable bonds is 8. The van der Waals surface area contributed by atoms with Crippen LogP contribution >= 0.6 is 0 Å². The molecule has 1 aromatic heterocycles. The quantitative estimate of drug-likeness (QED) is 0.0877. The topological polar surface area (TPSA) is 44.3 Å². The molecule has 292 valence electrons. The summed E-state index contributed by atoms with van der Waals surface area (Å²) in [6.07, 6.45) is 13.9. The molecule has 5 heteroatoms. The average molecular weight is 779 g/mol. The summed E-state index contributed by atoms with van der Waals surface area (Å²) >= 11 is 0. The van der Waals surface area contributed by atoms with E-state index in [4.69, 9.17) is 14.4 Å². The third-order valence-corrected chi connectivity index (χ3v) is 12.2. The molecule has 3 aliphatic rings. The minimum absolute atomic E-state index is 0.0423. The number of amidine groups is 1. The van der Waals surface area contributed by atoms with Crippen LogP contribution in [-0.4, -0.2) is 24.6 Å². The van der Waals surface area contributed by atoms with Gasteiger partial charge < -0.3 is 14.2 Å². The number of para-hydroxylation sites is 2. The second kappa shape index (κ2) is 15.5. The van der Waals surface area contributed by atoms with E-state index in [1.54, 1.807) is 0 Å². The lowest BCUT2D eigenvalue weighted by atomic mass is 9.74. The van der Waals surface area contributed by atoms with E-state index in [0.29, 0.717) is 0 Å². The van der Waals surface area contributed by atoms with Crippen molar-refractivity contribution in [3.05, 3.63) is 234 Å². The van der Waals surface area contributed by atoms with Crippen molar-refractivity contribution in [2.24, 2.45) is 9.98 Å². The fourth-order valence-corrected chi connectivity index (χ4v) is 9.18. The SMILES string of the molecule is C=C/C=C\C=C1/CN(c2ccccc2)C2=C1C=CC1(C2)CN(c2ccc(C(C)=NC(=NC(C)c3ccccc3)c3ccccc3)cc2)c2c1ccc1c2oc2ccccc21. The molecule has 2 aliphatic heterocycles. The van der Waals surface area contributed by atoms with Gasteiger partial charge in [0.15, 0.2) is 11.4 Å². The summed E-state index contributed by atoms with van der Waals surface area (Å²) in [5.74, 6) is 0.722. The molecule has 1 aliphatic carbocycles. The van der Waals surface area contributed by atoms with Crippen molar-refractivity contribution in [2.45, 2.75) is 31.7 Å². The predicted molar refractivity (Wildman–Crippen MR) is 251 cm³/mol. The molecule has 2 atom stereocenters. The minimum Gasteiger partial charge on any atom is -0.454 e. The highest BCUT2D eigenvalue weighted by Gasteiger charge is 2.47. The Morgan fingerprint density at radius 3 is 2.20 bits per heavy atom. The van der Waals surface area contributed by atoms with Gasteiger partial charge in [-0.2, -0.15) is 0 Å². The van der Waals surface area contributed by atoms with Crippen molar-refractivity contribution >= 4 is 50.5 Å². The number of hydrogen-bond acceptors (Lipinski definition) is 4. The third kappa shape index (κ3) is 6.62. The molecule has 1 spiro atoms. The Balaban J connectivity index is 1.05. The highest BCUT2D eigenvalue weighted by atomic mass is 16.3. The first-order valence-electron chi connectivity index (χ1n) is 20.8. The zero-order valence-electron chi connectivity index (χ0n) is 34.0. The number of fused-ring (bicyclic) bond motifs is 6. The Morgan fingerprint density at radius 1 is 0.733 bits per heavy atom. The molecule has 0 amide bonds. The summed E-state index contributed by atoms with van der Waals surface area (Å²) in [4.78, 5) is 15.3. The van der Waals surface area contributed by atoms with E-state index in [2.05, 4.69) is 182 Å². The molecular weight excluding hydrogens is 733 g/mol. The fraction of sp³-hybridized carbons (Fsp3) is 0.127. The second-order valence-corrected chi connectivity index (χ2v) is 15.9. The maximum atomic E-state index is 6.80. The third-order valence-electron chi connectivity index (χ3n) is 12.2. The maximum absolute atomic E-state index is 6.80. The standard InChI is InChI=1S/C55H46N4O/c1-4-5-9-22-43-36-58(44-23-14-8-15-24-44)50-35-55(34-33-46(43)50)37-59(52-49(55)32-31-48-47-25-16-17-26-51(47)60-53(48)52)45-29-27-41(28-30-45)39(3)57-54(42-20-12-7-13-21-42)56-38(2)40-18-10-6-11-19-40/h4-34,38H,1,35-37H2,2-3H3/b9-5-,43-22+,56-54?,57-39?. The van der Waals surface area contributed by atoms with Crippen molar-refractivity contribution in [3.8, 4) is 0 Å². The van der Waals surface area contributed by atoms with Crippen LogP contribution in [0, 0.1) is 0 Å². The van der Waals surface area contributed by atoms with E-state index < -0.39 is 0 Å². The highest BCUT2D eigenvalue weighted by Crippen LogP contribution is 2.55. The average Bonchev–Trinajstić information content (AvgIpc) is 3.96. The summed E-state index contributed by atoms with van der Waals surface area (Å²) in [5, 5.41) is 2.27. The lowest BCUT2D eigenvalue weighted by Gasteiger charge is -2.34. The maximum Gasteiger partial charge on any atom is 0.159 e. The van der Waals surface area contributed by atoms with E-state index in [1.807, 2.05) is 36.4 Å². The van der Waals surface area contributed by atoms with Gasteiger partial charge in [0.1, 0.15) is 5.58 Å². The first kappa shape index (κ1) is 37.1. The van der Waals surface area contributed by atoms with Crippen LogP contribution in [0.15, 0.2) is 226 Å². The van der Waals surface area contributed by atoms with Crippen molar-refractivity contribution in [1.29, 1.82) is 0 Å². The molecule has 5 nitrogen and oxygen atoms in total. The van der Waals surface area contributed by atoms with E-state index >= 15 is 0 Å². The van der Waals surface area contributed by atoms with Crippen molar-refractivity contribution in [1.82, 2.24) is 0 Å². The molecule has 0 fully saturated rings. The number of aliphatic imine (C=N–C) groups is 2. The van der Waals surface area contributed by atoms with Gasteiger partial charge in [-0.1, -0.05) is 164 Å². The van der Waals surface area contributed by atoms with E-state index in [-0.39, 0.29) is 11.5 Å². The number of nitrogens with zero attached hydrogens (tertiary/aromatic N) is 4. The molecular formula is C55H46N4O. The summed E-state index contributed by atoms with van der Waals surface area (Å²) in [6.45, 7) is 9.68. The molecule has 60 heavy (non-hydrogen) atoms. The molecule has 0 N–H and O–H groups in total. The van der Waals surface area contributed by atoms with Crippen LogP contribution in [0.2, 0.25) is 0 Å². The van der Waals surface area contributed by atoms with Gasteiger partial charge >= 0.3 is 0 Å². The molecule has 0 radical (unpaired) electrons. The summed E-state index contributed by atoms with van der Waals surface area (Å²) in [7, 11) is 0. The van der Waals surface area contributed by atoms with Gasteiger partial charge in [0.2, 0.25) is 0 Å². The number of benzene rings is 6. The van der Waals surface area contributed by atoms with Gasteiger partial charge in [-0.15, -0.1) is 0 Å². The minimum atomic E-state index is -0.284. The van der Waals surface area contributed by atoms with Crippen LogP contribution in [-0.2, 0) is 5.41 Å². The van der Waals surface area contributed by atoms with Gasteiger partial charge in [-0.25, -0.2) is 4.99 Å². The molecule has 0 saturated heterocycles. The van der Waals surface area contributed by atoms with Gasteiger partial charge in [0.05, 0.1) is 11.7 Å². The number of furan rings is 1. The second-order valence-electron chi connectivity index (χ2n) is 15.9. The van der Waals surface area contributed by atoms with Gasteiger partial charge in [-0.05, 0) is 72.0 Å².